The van der Waals surface area contributed by atoms with Crippen LogP contribution in [0.4, 0.5) is 0 Å². The number of carbonyl (C=O) groups is 1. The van der Waals surface area contributed by atoms with Crippen molar-refractivity contribution in [1.82, 2.24) is 4.72 Å². The smallest absolute Gasteiger partial charge is 0.307 e. The first kappa shape index (κ1) is 14.0. The van der Waals surface area contributed by atoms with Crippen LogP contribution >= 0.6 is 0 Å². The largest absolute Gasteiger partial charge is 0.481 e. The highest BCUT2D eigenvalue weighted by Crippen LogP contribution is 2.31. The molecular formula is C13H17NO4S. The van der Waals surface area contributed by atoms with Gasteiger partial charge in [-0.2, -0.15) is 0 Å². The van der Waals surface area contributed by atoms with Crippen molar-refractivity contribution in [3.63, 3.8) is 0 Å². The van der Waals surface area contributed by atoms with Gasteiger partial charge < -0.3 is 5.11 Å². The summed E-state index contributed by atoms with van der Waals surface area (Å²) in [7, 11) is -3.47. The highest BCUT2D eigenvalue weighted by molar-refractivity contribution is 7.89. The molecule has 5 nitrogen and oxygen atoms in total. The molecule has 0 atom stereocenters. The van der Waals surface area contributed by atoms with E-state index in [1.54, 1.807) is 0 Å². The van der Waals surface area contributed by atoms with Gasteiger partial charge in [-0.05, 0) is 30.0 Å². The molecule has 1 saturated carbocycles. The third kappa shape index (κ3) is 4.33. The standard InChI is InChI=1S/C13H17NO4S/c15-13(16)9-11-3-5-12(6-4-11)19(17,18)14-8-7-10-1-2-10/h3-6,10,14H,1-2,7-9H2,(H,15,16). The second kappa shape index (κ2) is 5.71. The Balaban J connectivity index is 1.96. The van der Waals surface area contributed by atoms with Crippen molar-refractivity contribution in [2.75, 3.05) is 6.54 Å². The average molecular weight is 283 g/mol. The van der Waals surface area contributed by atoms with Crippen molar-refractivity contribution in [3.8, 4) is 0 Å². The number of hydrogen-bond acceptors (Lipinski definition) is 3. The van der Waals surface area contributed by atoms with E-state index >= 15 is 0 Å². The molecule has 1 aliphatic carbocycles. The Morgan fingerprint density at radius 3 is 2.42 bits per heavy atom. The SMILES string of the molecule is O=C(O)Cc1ccc(S(=O)(=O)NCCC2CC2)cc1. The van der Waals surface area contributed by atoms with Crippen LogP contribution in [0.2, 0.25) is 0 Å². The minimum atomic E-state index is -3.47. The summed E-state index contributed by atoms with van der Waals surface area (Å²) in [6, 6.07) is 5.95. The summed E-state index contributed by atoms with van der Waals surface area (Å²) in [6.07, 6.45) is 3.18. The number of carboxylic acids is 1. The first-order chi connectivity index (χ1) is 8.97. The molecule has 1 aliphatic rings. The fraction of sp³-hybridized carbons (Fsp3) is 0.462. The summed E-state index contributed by atoms with van der Waals surface area (Å²) in [4.78, 5) is 10.7. The predicted molar refractivity (Wildman–Crippen MR) is 70.3 cm³/mol. The van der Waals surface area contributed by atoms with E-state index in [4.69, 9.17) is 5.11 Å². The number of carboxylic acid groups (broad SMARTS) is 1. The van der Waals surface area contributed by atoms with Gasteiger partial charge in [0.15, 0.2) is 0 Å². The number of nitrogens with one attached hydrogen (secondary N) is 1. The topological polar surface area (TPSA) is 83.5 Å². The maximum atomic E-state index is 11.9. The number of hydrogen-bond donors (Lipinski definition) is 2. The molecule has 1 aromatic rings. The normalized spacial score (nSPS) is 15.4. The fourth-order valence-corrected chi connectivity index (χ4v) is 2.90. The zero-order chi connectivity index (χ0) is 13.9. The van der Waals surface area contributed by atoms with E-state index in [0.29, 0.717) is 18.0 Å². The van der Waals surface area contributed by atoms with Crippen LogP contribution in [-0.4, -0.2) is 26.0 Å². The molecule has 1 aromatic carbocycles. The van der Waals surface area contributed by atoms with Crippen molar-refractivity contribution in [1.29, 1.82) is 0 Å². The van der Waals surface area contributed by atoms with Gasteiger partial charge >= 0.3 is 5.97 Å². The summed E-state index contributed by atoms with van der Waals surface area (Å²) >= 11 is 0. The van der Waals surface area contributed by atoms with Crippen LogP contribution in [0, 0.1) is 5.92 Å². The number of sulfonamides is 1. The highest BCUT2D eigenvalue weighted by atomic mass is 32.2. The Kier molecular flexibility index (Phi) is 4.21. The van der Waals surface area contributed by atoms with Gasteiger partial charge in [0, 0.05) is 6.54 Å². The molecule has 0 radical (unpaired) electrons. The van der Waals surface area contributed by atoms with E-state index in [1.807, 2.05) is 0 Å². The molecule has 1 fully saturated rings. The lowest BCUT2D eigenvalue weighted by Gasteiger charge is -2.07. The quantitative estimate of drug-likeness (QED) is 0.792. The minimum Gasteiger partial charge on any atom is -0.481 e. The third-order valence-corrected chi connectivity index (χ3v) is 4.61. The number of aliphatic carboxylic acids is 1. The van der Waals surface area contributed by atoms with Gasteiger partial charge in [-0.3, -0.25) is 4.79 Å². The maximum absolute atomic E-state index is 11.9. The van der Waals surface area contributed by atoms with Crippen molar-refractivity contribution in [2.45, 2.75) is 30.6 Å². The predicted octanol–water partition coefficient (Wildman–Crippen LogP) is 1.39. The van der Waals surface area contributed by atoms with Gasteiger partial charge in [0.1, 0.15) is 0 Å². The molecule has 19 heavy (non-hydrogen) atoms. The van der Waals surface area contributed by atoms with Crippen LogP contribution in [0.1, 0.15) is 24.8 Å². The summed E-state index contributed by atoms with van der Waals surface area (Å²) in [5.41, 5.74) is 0.587. The van der Waals surface area contributed by atoms with Crippen LogP contribution in [0.5, 0.6) is 0 Å². The van der Waals surface area contributed by atoms with Crippen LogP contribution < -0.4 is 4.72 Å². The summed E-state index contributed by atoms with van der Waals surface area (Å²) < 4.78 is 26.4. The zero-order valence-electron chi connectivity index (χ0n) is 10.5. The molecule has 2 rings (SSSR count). The first-order valence-corrected chi connectivity index (χ1v) is 7.76. The molecule has 0 unspecified atom stereocenters. The summed E-state index contributed by atoms with van der Waals surface area (Å²) in [5, 5.41) is 8.64. The van der Waals surface area contributed by atoms with Gasteiger partial charge in [-0.25, -0.2) is 13.1 Å². The second-order valence-electron chi connectivity index (χ2n) is 4.84. The van der Waals surface area contributed by atoms with Crippen LogP contribution in [-0.2, 0) is 21.2 Å². The molecule has 0 saturated heterocycles. The molecule has 6 heteroatoms. The van der Waals surface area contributed by atoms with E-state index in [-0.39, 0.29) is 11.3 Å². The Morgan fingerprint density at radius 1 is 1.26 bits per heavy atom. The lowest BCUT2D eigenvalue weighted by Crippen LogP contribution is -2.25. The lowest BCUT2D eigenvalue weighted by molar-refractivity contribution is -0.136. The summed E-state index contributed by atoms with van der Waals surface area (Å²) in [6.45, 7) is 0.462. The Bertz CT molecular complexity index is 547. The minimum absolute atomic E-state index is 0.102. The Hall–Kier alpha value is -1.40. The number of benzene rings is 1. The van der Waals surface area contributed by atoms with Crippen LogP contribution in [0.25, 0.3) is 0 Å². The molecular weight excluding hydrogens is 266 g/mol. The molecule has 0 heterocycles. The molecule has 0 bridgehead atoms. The average Bonchev–Trinajstić information content (AvgIpc) is 3.13. The summed E-state index contributed by atoms with van der Waals surface area (Å²) in [5.74, 6) is -0.251. The highest BCUT2D eigenvalue weighted by Gasteiger charge is 2.22. The fourth-order valence-electron chi connectivity index (χ4n) is 1.85. The van der Waals surface area contributed by atoms with Gasteiger partial charge in [-0.1, -0.05) is 25.0 Å². The van der Waals surface area contributed by atoms with Gasteiger partial charge in [0.25, 0.3) is 0 Å². The van der Waals surface area contributed by atoms with E-state index in [9.17, 15) is 13.2 Å². The van der Waals surface area contributed by atoms with Crippen molar-refractivity contribution >= 4 is 16.0 Å². The Labute approximate surface area is 112 Å². The van der Waals surface area contributed by atoms with E-state index < -0.39 is 16.0 Å². The molecule has 0 aliphatic heterocycles. The van der Waals surface area contributed by atoms with Crippen LogP contribution in [0.3, 0.4) is 0 Å². The third-order valence-electron chi connectivity index (χ3n) is 3.13. The number of rotatable bonds is 7. The maximum Gasteiger partial charge on any atom is 0.307 e. The molecule has 104 valence electrons. The van der Waals surface area contributed by atoms with Gasteiger partial charge in [0.05, 0.1) is 11.3 Å². The van der Waals surface area contributed by atoms with Crippen molar-refractivity contribution < 1.29 is 18.3 Å². The molecule has 2 N–H and O–H groups in total. The second-order valence-corrected chi connectivity index (χ2v) is 6.61. The van der Waals surface area contributed by atoms with E-state index in [2.05, 4.69) is 4.72 Å². The zero-order valence-corrected chi connectivity index (χ0v) is 11.3. The van der Waals surface area contributed by atoms with Crippen LogP contribution in [0.15, 0.2) is 29.2 Å². The van der Waals surface area contributed by atoms with Gasteiger partial charge in [-0.15, -0.1) is 0 Å². The monoisotopic (exact) mass is 283 g/mol. The lowest BCUT2D eigenvalue weighted by atomic mass is 10.2. The van der Waals surface area contributed by atoms with E-state index in [1.165, 1.54) is 37.1 Å². The molecule has 0 amide bonds. The van der Waals surface area contributed by atoms with Gasteiger partial charge in [0.2, 0.25) is 10.0 Å². The first-order valence-electron chi connectivity index (χ1n) is 6.28. The van der Waals surface area contributed by atoms with Crippen molar-refractivity contribution in [2.24, 2.45) is 5.92 Å². The molecule has 0 aromatic heterocycles. The Morgan fingerprint density at radius 2 is 1.89 bits per heavy atom. The van der Waals surface area contributed by atoms with Crippen molar-refractivity contribution in [3.05, 3.63) is 29.8 Å². The molecule has 0 spiro atoms. The van der Waals surface area contributed by atoms with E-state index in [0.717, 1.165) is 6.42 Å².